The maximum absolute atomic E-state index is 11.9. The summed E-state index contributed by atoms with van der Waals surface area (Å²) in [6.07, 6.45) is -0.437. The van der Waals surface area contributed by atoms with Gasteiger partial charge in [-0.3, -0.25) is 14.3 Å². The van der Waals surface area contributed by atoms with E-state index < -0.39 is 36.8 Å². The van der Waals surface area contributed by atoms with Crippen molar-refractivity contribution in [1.82, 2.24) is 9.55 Å². The van der Waals surface area contributed by atoms with E-state index in [9.17, 15) is 19.3 Å². The zero-order valence-corrected chi connectivity index (χ0v) is 14.0. The van der Waals surface area contributed by atoms with E-state index in [0.717, 1.165) is 0 Å². The van der Waals surface area contributed by atoms with Gasteiger partial charge in [-0.1, -0.05) is 0 Å². The van der Waals surface area contributed by atoms with Crippen molar-refractivity contribution < 1.29 is 14.4 Å². The molecule has 3 atom stereocenters. The molecule has 122 valence electrons. The number of hydrogen-bond acceptors (Lipinski definition) is 5. The topological polar surface area (TPSA) is 101 Å². The fourth-order valence-electron chi connectivity index (χ4n) is 2.60. The number of aromatic nitrogens is 2. The van der Waals surface area contributed by atoms with Crippen LogP contribution >= 0.6 is 7.14 Å². The van der Waals surface area contributed by atoms with Crippen LogP contribution in [0.3, 0.4) is 0 Å². The van der Waals surface area contributed by atoms with Gasteiger partial charge in [0.2, 0.25) is 0 Å². The maximum atomic E-state index is 11.9. The van der Waals surface area contributed by atoms with Gasteiger partial charge in [-0.15, -0.1) is 0 Å². The van der Waals surface area contributed by atoms with Crippen molar-refractivity contribution in [3.63, 3.8) is 0 Å². The van der Waals surface area contributed by atoms with Gasteiger partial charge in [0, 0.05) is 18.2 Å². The summed E-state index contributed by atoms with van der Waals surface area (Å²) in [5.41, 5.74) is 0.0506. The second-order valence-electron chi connectivity index (χ2n) is 6.10. The van der Waals surface area contributed by atoms with Gasteiger partial charge in [0.1, 0.15) is 19.5 Å². The third-order valence-electron chi connectivity index (χ3n) is 3.52. The molecule has 0 saturated carbocycles. The van der Waals surface area contributed by atoms with E-state index in [2.05, 4.69) is 4.98 Å². The minimum atomic E-state index is -2.39. The number of aliphatic hydroxyl groups is 1. The largest absolute Gasteiger partial charge is 0.390 e. The van der Waals surface area contributed by atoms with Gasteiger partial charge in [0.15, 0.2) is 0 Å². The number of H-pyrrole nitrogens is 1. The molecule has 0 aromatic carbocycles. The first-order valence-electron chi connectivity index (χ1n) is 6.98. The first-order chi connectivity index (χ1) is 10.1. The molecule has 1 aromatic heterocycles. The number of hydrogen-bond donors (Lipinski definition) is 2. The number of aryl methyl sites for hydroxylation is 1. The highest BCUT2D eigenvalue weighted by Gasteiger charge is 2.36. The summed E-state index contributed by atoms with van der Waals surface area (Å²) in [6.45, 7) is 6.60. The van der Waals surface area contributed by atoms with Crippen LogP contribution in [0.5, 0.6) is 0 Å². The fraction of sp³-hybridized carbons (Fsp3) is 0.571. The van der Waals surface area contributed by atoms with Crippen molar-refractivity contribution in [2.45, 2.75) is 38.7 Å². The van der Waals surface area contributed by atoms with Gasteiger partial charge in [0.25, 0.3) is 5.56 Å². The van der Waals surface area contributed by atoms with Crippen LogP contribution in [0, 0.1) is 6.92 Å². The summed E-state index contributed by atoms with van der Waals surface area (Å²) in [7, 11) is -2.39. The molecule has 2 N–H and O–H groups in total. The summed E-state index contributed by atoms with van der Waals surface area (Å²) in [5, 5.41) is 10.2. The Hall–Kier alpha value is -1.43. The van der Waals surface area contributed by atoms with Crippen LogP contribution in [0.15, 0.2) is 27.2 Å². The monoisotopic (exact) mass is 328 g/mol. The third kappa shape index (κ3) is 3.66. The van der Waals surface area contributed by atoms with Gasteiger partial charge in [0.05, 0.1) is 6.10 Å². The van der Waals surface area contributed by atoms with E-state index in [4.69, 9.17) is 4.74 Å². The Labute approximate surface area is 128 Å². The average Bonchev–Trinajstić information content (AvgIpc) is 2.73. The molecule has 1 aliphatic heterocycles. The zero-order valence-electron chi connectivity index (χ0n) is 13.1. The summed E-state index contributed by atoms with van der Waals surface area (Å²) in [6, 6.07) is 0. The molecule has 0 spiro atoms. The van der Waals surface area contributed by atoms with Gasteiger partial charge >= 0.3 is 5.69 Å². The normalized spacial score (nSPS) is 26.4. The van der Waals surface area contributed by atoms with Crippen molar-refractivity contribution in [2.75, 3.05) is 13.3 Å². The van der Waals surface area contributed by atoms with Crippen molar-refractivity contribution in [1.29, 1.82) is 0 Å². The molecule has 1 unspecified atom stereocenters. The first-order valence-corrected chi connectivity index (χ1v) is 9.65. The lowest BCUT2D eigenvalue weighted by Gasteiger charge is -2.17. The lowest BCUT2D eigenvalue weighted by molar-refractivity contribution is -0.000965. The molecule has 22 heavy (non-hydrogen) atoms. The van der Waals surface area contributed by atoms with E-state index in [0.29, 0.717) is 11.1 Å². The van der Waals surface area contributed by atoms with Crippen molar-refractivity contribution in [2.24, 2.45) is 0 Å². The number of nitrogens with one attached hydrogen (secondary N) is 1. The Morgan fingerprint density at radius 1 is 1.50 bits per heavy atom. The molecule has 1 aromatic rings. The molecular formula is C14H21N2O5P. The predicted octanol–water partition coefficient (Wildman–Crippen LogP) is 1.02. The molecule has 7 nitrogen and oxygen atoms in total. The molecule has 1 aliphatic rings. The quantitative estimate of drug-likeness (QED) is 0.807. The van der Waals surface area contributed by atoms with Crippen LogP contribution < -0.4 is 11.2 Å². The molecule has 1 fully saturated rings. The molecule has 1 saturated heterocycles. The lowest BCUT2D eigenvalue weighted by Crippen LogP contribution is -2.33. The Balaban J connectivity index is 2.30. The second-order valence-corrected chi connectivity index (χ2v) is 9.23. The van der Waals surface area contributed by atoms with E-state index >= 15 is 0 Å². The van der Waals surface area contributed by atoms with Crippen LogP contribution in [-0.4, -0.2) is 40.2 Å². The molecule has 8 heteroatoms. The van der Waals surface area contributed by atoms with Crippen LogP contribution in [0.4, 0.5) is 0 Å². The highest BCUT2D eigenvalue weighted by molar-refractivity contribution is 7.65. The average molecular weight is 328 g/mol. The summed E-state index contributed by atoms with van der Waals surface area (Å²) in [5.74, 6) is 1.62. The number of aromatic amines is 1. The van der Waals surface area contributed by atoms with Crippen molar-refractivity contribution in [3.05, 3.63) is 44.0 Å². The van der Waals surface area contributed by atoms with Crippen LogP contribution in [0.25, 0.3) is 0 Å². The van der Waals surface area contributed by atoms with E-state index in [1.165, 1.54) is 10.8 Å². The highest BCUT2D eigenvalue weighted by Crippen LogP contribution is 2.41. The third-order valence-corrected chi connectivity index (χ3v) is 4.54. The summed E-state index contributed by atoms with van der Waals surface area (Å²) < 4.78 is 18.9. The molecule has 0 amide bonds. The Morgan fingerprint density at radius 2 is 2.14 bits per heavy atom. The van der Waals surface area contributed by atoms with Crippen molar-refractivity contribution >= 4 is 7.14 Å². The standard InChI is InChI=1S/C14H21N2O5P/c1-8-6-16(14(19)15-13(8)18)11-5-10(17)12(21-11)9(2)7-22(3,4)20/h6-7,10-12,17H,5H2,1-4H3,(H,15,18,19)/b9-7+/t10?,11-,12-/m1/s1. The van der Waals surface area contributed by atoms with Gasteiger partial charge in [-0.2, -0.15) is 0 Å². The molecule has 0 bridgehead atoms. The van der Waals surface area contributed by atoms with Crippen LogP contribution in [0.2, 0.25) is 0 Å². The number of ether oxygens (including phenoxy) is 1. The SMILES string of the molecule is C/C(=C\P(C)(C)=O)[C@H]1O[C@@H](n2cc(C)c(=O)[nH]c2=O)CC1O. The first kappa shape index (κ1) is 16.9. The molecule has 2 rings (SSSR count). The highest BCUT2D eigenvalue weighted by atomic mass is 31.2. The van der Waals surface area contributed by atoms with Crippen LogP contribution in [0.1, 0.15) is 25.1 Å². The van der Waals surface area contributed by atoms with Gasteiger partial charge < -0.3 is 14.4 Å². The molecular weight excluding hydrogens is 307 g/mol. The maximum Gasteiger partial charge on any atom is 0.330 e. The zero-order chi connectivity index (χ0) is 16.7. The van der Waals surface area contributed by atoms with Gasteiger partial charge in [-0.25, -0.2) is 4.79 Å². The Bertz CT molecular complexity index is 757. The molecule has 0 radical (unpaired) electrons. The number of rotatable bonds is 3. The number of nitrogens with zero attached hydrogens (tertiary/aromatic N) is 1. The summed E-state index contributed by atoms with van der Waals surface area (Å²) >= 11 is 0. The Kier molecular flexibility index (Phi) is 4.61. The molecule has 2 heterocycles. The van der Waals surface area contributed by atoms with Crippen LogP contribution in [-0.2, 0) is 9.30 Å². The fourth-order valence-corrected chi connectivity index (χ4v) is 3.73. The minimum absolute atomic E-state index is 0.221. The van der Waals surface area contributed by atoms with Gasteiger partial charge in [-0.05, 0) is 38.6 Å². The number of aliphatic hydroxyl groups excluding tert-OH is 1. The predicted molar refractivity (Wildman–Crippen MR) is 83.8 cm³/mol. The Morgan fingerprint density at radius 3 is 2.73 bits per heavy atom. The van der Waals surface area contributed by atoms with E-state index in [1.807, 2.05) is 0 Å². The molecule has 0 aliphatic carbocycles. The second kappa shape index (κ2) is 5.99. The lowest BCUT2D eigenvalue weighted by atomic mass is 10.1. The summed E-state index contributed by atoms with van der Waals surface area (Å²) in [4.78, 5) is 25.5. The van der Waals surface area contributed by atoms with E-state index in [-0.39, 0.29) is 6.42 Å². The van der Waals surface area contributed by atoms with E-state index in [1.54, 1.807) is 33.0 Å². The smallest absolute Gasteiger partial charge is 0.330 e. The minimum Gasteiger partial charge on any atom is -0.390 e. The van der Waals surface area contributed by atoms with Crippen molar-refractivity contribution in [3.8, 4) is 0 Å².